The van der Waals surface area contributed by atoms with Crippen LogP contribution in [0.5, 0.6) is 0 Å². The minimum atomic E-state index is 0. The van der Waals surface area contributed by atoms with E-state index in [-0.39, 0.29) is 112 Å². The number of rotatable bonds is 0. The van der Waals surface area contributed by atoms with Gasteiger partial charge in [-0.3, -0.25) is 0 Å². The molecule has 0 amide bonds. The molecule has 0 rings (SSSR count). The van der Waals surface area contributed by atoms with Gasteiger partial charge in [0.15, 0.2) is 0 Å². The van der Waals surface area contributed by atoms with Crippen molar-refractivity contribution in [1.82, 2.24) is 0 Å². The summed E-state index contributed by atoms with van der Waals surface area (Å²) >= 11 is 0. The molecule has 1 nitrogen and oxygen atoms in total. The summed E-state index contributed by atoms with van der Waals surface area (Å²) in [7, 11) is 0. The van der Waals surface area contributed by atoms with Gasteiger partial charge in [0.25, 0.3) is 0 Å². The molecule has 0 saturated heterocycles. The van der Waals surface area contributed by atoms with Crippen LogP contribution in [0.3, 0.4) is 0 Å². The van der Waals surface area contributed by atoms with E-state index >= 15 is 0 Å². The van der Waals surface area contributed by atoms with Crippen LogP contribution < -0.4 is 0 Å². The molecule has 0 fully saturated rings. The molecule has 2 N–H and O–H groups in total. The Bertz CT molecular complexity index is 8.00. The molecule has 0 unspecified atom stereocenters. The molecule has 0 heterocycles. The molecule has 0 aromatic rings. The van der Waals surface area contributed by atoms with Crippen molar-refractivity contribution >= 4 is 48.9 Å². The average molecular weight is 357 g/mol. The van der Waals surface area contributed by atoms with Gasteiger partial charge in [0.05, 0.1) is 0 Å². The first-order chi connectivity index (χ1) is 0. The predicted molar refractivity (Wildman–Crippen MR) is 12.2 cm³/mol. The SMILES string of the molecule is O.[BaH2].[Co].[Pr]. The second-order valence-corrected chi connectivity index (χ2v) is 0. The molecule has 2 radical (unpaired) electrons. The zero-order chi connectivity index (χ0) is 0. The van der Waals surface area contributed by atoms with Crippen molar-refractivity contribution in [3.63, 3.8) is 0 Å². The molecule has 0 bridgehead atoms. The summed E-state index contributed by atoms with van der Waals surface area (Å²) < 4.78 is 0. The van der Waals surface area contributed by atoms with E-state index in [1.54, 1.807) is 0 Å². The maximum Gasteiger partial charge on any atom is 0 e. The fraction of sp³-hybridized carbons (Fsp3) is 0. The maximum absolute atomic E-state index is 0. The van der Waals surface area contributed by atoms with Gasteiger partial charge in [-0.1, -0.05) is 0 Å². The van der Waals surface area contributed by atoms with E-state index in [0.717, 1.165) is 0 Å². The first-order valence-electron chi connectivity index (χ1n) is 0. The number of hydrogen-bond donors (Lipinski definition) is 0. The standard InChI is InChI=1S/Ba.Co.H2O.Pr.2H/h;;1H2;;;. The van der Waals surface area contributed by atoms with Crippen LogP contribution in [0.4, 0.5) is 0 Å². The molecule has 0 saturated carbocycles. The van der Waals surface area contributed by atoms with Crippen LogP contribution in [-0.4, -0.2) is 54.4 Å². The summed E-state index contributed by atoms with van der Waals surface area (Å²) in [5.41, 5.74) is 0. The van der Waals surface area contributed by atoms with Crippen molar-refractivity contribution in [2.45, 2.75) is 0 Å². The first kappa shape index (κ1) is 26.2. The summed E-state index contributed by atoms with van der Waals surface area (Å²) in [5.74, 6) is 0. The molecule has 0 aromatic carbocycles. The van der Waals surface area contributed by atoms with Gasteiger partial charge in [-0.2, -0.15) is 0 Å². The summed E-state index contributed by atoms with van der Waals surface area (Å²) in [5, 5.41) is 0. The third-order valence-corrected chi connectivity index (χ3v) is 0. The first-order valence-corrected chi connectivity index (χ1v) is 0. The Morgan fingerprint density at radius 2 is 1.00 bits per heavy atom. The van der Waals surface area contributed by atoms with E-state index in [2.05, 4.69) is 0 Å². The minimum absolute atomic E-state index is 0. The Morgan fingerprint density at radius 1 is 1.00 bits per heavy atom. The zero-order valence-electron chi connectivity index (χ0n) is 1.41. The Kier molecular flexibility index (Phi) is 106. The van der Waals surface area contributed by atoms with Gasteiger partial charge < -0.3 is 5.48 Å². The molecule has 0 aromatic heterocycles. The Labute approximate surface area is 109 Å². The fourth-order valence-electron chi connectivity index (χ4n) is 0. The van der Waals surface area contributed by atoms with Crippen LogP contribution >= 0.6 is 0 Å². The largest absolute Gasteiger partial charge is 0 e. The summed E-state index contributed by atoms with van der Waals surface area (Å²) in [6.45, 7) is 0. The van der Waals surface area contributed by atoms with Gasteiger partial charge in [0, 0.05) is 58.1 Å². The minimum Gasteiger partial charge on any atom is 0 e. The maximum atomic E-state index is 0. The molecule has 24 valence electrons. The van der Waals surface area contributed by atoms with Crippen molar-refractivity contribution in [3.05, 3.63) is 0 Å². The van der Waals surface area contributed by atoms with Gasteiger partial charge >= 0.3 is 48.9 Å². The molecular weight excluding hydrogens is 353 g/mol. The third kappa shape index (κ3) is 9.04. The molecule has 0 aliphatic rings. The molecule has 0 aliphatic heterocycles. The van der Waals surface area contributed by atoms with E-state index in [4.69, 9.17) is 0 Å². The molecule has 0 atom stereocenters. The van der Waals surface area contributed by atoms with Crippen molar-refractivity contribution < 1.29 is 63.5 Å². The second-order valence-electron chi connectivity index (χ2n) is 0. The Morgan fingerprint density at radius 3 is 1.00 bits per heavy atom. The van der Waals surface area contributed by atoms with Crippen molar-refractivity contribution in [3.8, 4) is 0 Å². The smallest absolute Gasteiger partial charge is 0 e. The van der Waals surface area contributed by atoms with Gasteiger partial charge in [-0.15, -0.1) is 0 Å². The van der Waals surface area contributed by atoms with E-state index in [1.807, 2.05) is 0 Å². The van der Waals surface area contributed by atoms with Crippen LogP contribution in [0.1, 0.15) is 0 Å². The zero-order valence-corrected chi connectivity index (χ0v) is 6.16. The third-order valence-electron chi connectivity index (χ3n) is 0. The van der Waals surface area contributed by atoms with Crippen molar-refractivity contribution in [1.29, 1.82) is 0 Å². The van der Waals surface area contributed by atoms with Crippen molar-refractivity contribution in [2.75, 3.05) is 0 Å². The monoisotopic (exact) mass is 358 g/mol. The van der Waals surface area contributed by atoms with Gasteiger partial charge in [-0.25, -0.2) is 0 Å². The molecule has 0 aliphatic carbocycles. The van der Waals surface area contributed by atoms with E-state index in [0.29, 0.717) is 0 Å². The topological polar surface area (TPSA) is 31.5 Å². The summed E-state index contributed by atoms with van der Waals surface area (Å²) in [6, 6.07) is 0. The Balaban J connectivity index is 0. The summed E-state index contributed by atoms with van der Waals surface area (Å²) in [4.78, 5) is 0. The van der Waals surface area contributed by atoms with Gasteiger partial charge in [0.1, 0.15) is 0 Å². The van der Waals surface area contributed by atoms with Gasteiger partial charge in [-0.05, 0) is 0 Å². The molecule has 4 heteroatoms. The van der Waals surface area contributed by atoms with Crippen LogP contribution in [0, 0.1) is 41.3 Å². The fourth-order valence-corrected chi connectivity index (χ4v) is 0. The number of hydrogen-bond acceptors (Lipinski definition) is 0. The second kappa shape index (κ2) is 16.1. The van der Waals surface area contributed by atoms with Crippen LogP contribution in [0.15, 0.2) is 0 Å². The van der Waals surface area contributed by atoms with Crippen molar-refractivity contribution in [2.24, 2.45) is 0 Å². The predicted octanol–water partition coefficient (Wildman–Crippen LogP) is -1.74. The normalized spacial score (nSPS) is 0. The van der Waals surface area contributed by atoms with E-state index < -0.39 is 0 Å². The van der Waals surface area contributed by atoms with E-state index in [1.165, 1.54) is 0 Å². The average Bonchev–Trinajstić information content (AvgIpc) is 0. The van der Waals surface area contributed by atoms with Crippen LogP contribution in [-0.2, 0) is 16.8 Å². The van der Waals surface area contributed by atoms with Crippen LogP contribution in [0.2, 0.25) is 0 Å². The molecule has 4 heavy (non-hydrogen) atoms. The molecular formula is H4BaCoOPr. The Hall–Kier alpha value is 3.40. The van der Waals surface area contributed by atoms with E-state index in [9.17, 15) is 0 Å². The summed E-state index contributed by atoms with van der Waals surface area (Å²) in [6.07, 6.45) is 0. The quantitative estimate of drug-likeness (QED) is 0.461. The van der Waals surface area contributed by atoms with Gasteiger partial charge in [0.2, 0.25) is 0 Å². The molecule has 0 spiro atoms. The van der Waals surface area contributed by atoms with Crippen LogP contribution in [0.25, 0.3) is 0 Å².